The number of piperidine rings is 1. The smallest absolute Gasteiger partial charge is 0.324 e. The Morgan fingerprint density at radius 3 is 2.24 bits per heavy atom. The Morgan fingerprint density at radius 1 is 0.931 bits per heavy atom. The molecule has 0 spiro atoms. The largest absolute Gasteiger partial charge is 0.467 e. The zero-order valence-electron chi connectivity index (χ0n) is 16.2. The number of carbonyl (C=O) groups excluding carboxylic acids is 1. The molecule has 0 unspecified atom stereocenters. The van der Waals surface area contributed by atoms with E-state index in [-0.39, 0.29) is 41.7 Å². The highest BCUT2D eigenvalue weighted by molar-refractivity contribution is 5.98. The zero-order chi connectivity index (χ0) is 19.7. The van der Waals surface area contributed by atoms with E-state index in [4.69, 9.17) is 9.47 Å². The summed E-state index contributed by atoms with van der Waals surface area (Å²) in [6.07, 6.45) is 1.38. The lowest BCUT2D eigenvalue weighted by Crippen LogP contribution is -2.48. The number of ether oxygens (including phenoxy) is 2. The lowest BCUT2D eigenvalue weighted by molar-refractivity contribution is -0.121. The van der Waals surface area contributed by atoms with Gasteiger partial charge in [0.25, 0.3) is 0 Å². The van der Waals surface area contributed by atoms with E-state index in [1.807, 2.05) is 0 Å². The second-order valence-corrected chi connectivity index (χ2v) is 7.88. The number of nitrogens with zero attached hydrogens (tertiary/aromatic N) is 4. The maximum Gasteiger partial charge on any atom is 0.324 e. The molecule has 0 saturated carbocycles. The zero-order valence-corrected chi connectivity index (χ0v) is 16.2. The summed E-state index contributed by atoms with van der Waals surface area (Å²) in [7, 11) is 3.03. The van der Waals surface area contributed by atoms with Crippen molar-refractivity contribution in [1.29, 1.82) is 0 Å². The summed E-state index contributed by atoms with van der Waals surface area (Å²) in [5.41, 5.74) is 2.60. The van der Waals surface area contributed by atoms with E-state index < -0.39 is 0 Å². The first-order valence-corrected chi connectivity index (χ1v) is 9.88. The summed E-state index contributed by atoms with van der Waals surface area (Å²) in [5, 5.41) is 2.56. The second-order valence-electron chi connectivity index (χ2n) is 7.88. The van der Waals surface area contributed by atoms with E-state index in [9.17, 15) is 4.79 Å². The third-order valence-corrected chi connectivity index (χ3v) is 6.68. The quantitative estimate of drug-likeness (QED) is 0.683. The number of aromatic nitrogens is 3. The summed E-state index contributed by atoms with van der Waals surface area (Å²) in [6, 6.07) is 13.2. The number of methoxy groups -OCH3 is 2. The van der Waals surface area contributed by atoms with Gasteiger partial charge in [0.1, 0.15) is 0 Å². The summed E-state index contributed by atoms with van der Waals surface area (Å²) in [6.45, 7) is 0. The molecule has 4 atom stereocenters. The standard InChI is InChI=1S/C22H20N4O3/c1-28-21-23-20(24-22(25-21)29-2)26-14-9-10-15(27)19(26)18-13-8-4-6-11-5-3-7-12(16(11)13)17(14)18/h3-8,14,17-19H,9-10H2,1-2H3/t14-,17-,18-,19+/m1/s1. The normalized spacial score (nSPS) is 26.7. The average Bonchev–Trinajstić information content (AvgIpc) is 3.22. The van der Waals surface area contributed by atoms with Crippen molar-refractivity contribution in [3.63, 3.8) is 0 Å². The Balaban J connectivity index is 1.55. The van der Waals surface area contributed by atoms with Crippen LogP contribution >= 0.6 is 0 Å². The van der Waals surface area contributed by atoms with Crippen molar-refractivity contribution >= 4 is 22.5 Å². The number of rotatable bonds is 3. The number of ketones is 1. The molecule has 1 aliphatic carbocycles. The monoisotopic (exact) mass is 388 g/mol. The lowest BCUT2D eigenvalue weighted by Gasteiger charge is -2.36. The van der Waals surface area contributed by atoms with Crippen LogP contribution in [0.1, 0.15) is 35.8 Å². The van der Waals surface area contributed by atoms with Crippen molar-refractivity contribution in [2.75, 3.05) is 19.1 Å². The van der Waals surface area contributed by atoms with Crippen LogP contribution in [-0.2, 0) is 4.79 Å². The van der Waals surface area contributed by atoms with Crippen molar-refractivity contribution in [2.45, 2.75) is 36.8 Å². The lowest BCUT2D eigenvalue weighted by atomic mass is 9.86. The molecular weight excluding hydrogens is 368 g/mol. The fourth-order valence-corrected chi connectivity index (χ4v) is 5.72. The van der Waals surface area contributed by atoms with Crippen molar-refractivity contribution < 1.29 is 14.3 Å². The van der Waals surface area contributed by atoms with Crippen LogP contribution in [0.25, 0.3) is 10.8 Å². The molecule has 0 radical (unpaired) electrons. The van der Waals surface area contributed by atoms with Gasteiger partial charge in [0.05, 0.1) is 20.3 Å². The van der Waals surface area contributed by atoms with Crippen LogP contribution in [0.3, 0.4) is 0 Å². The van der Waals surface area contributed by atoms with E-state index >= 15 is 0 Å². The van der Waals surface area contributed by atoms with E-state index in [0.717, 1.165) is 6.42 Å². The third kappa shape index (κ3) is 2.13. The van der Waals surface area contributed by atoms with Gasteiger partial charge in [-0.3, -0.25) is 4.79 Å². The highest BCUT2D eigenvalue weighted by atomic mass is 16.5. The van der Waals surface area contributed by atoms with Crippen LogP contribution in [-0.4, -0.2) is 47.0 Å². The van der Waals surface area contributed by atoms with Crippen molar-refractivity contribution in [2.24, 2.45) is 0 Å². The van der Waals surface area contributed by atoms with Crippen LogP contribution in [0.2, 0.25) is 0 Å². The number of benzene rings is 2. The van der Waals surface area contributed by atoms with Crippen molar-refractivity contribution in [3.8, 4) is 12.0 Å². The van der Waals surface area contributed by atoms with Crippen molar-refractivity contribution in [3.05, 3.63) is 47.5 Å². The van der Waals surface area contributed by atoms with Gasteiger partial charge in [0.15, 0.2) is 5.78 Å². The van der Waals surface area contributed by atoms with Crippen LogP contribution in [0.4, 0.5) is 5.95 Å². The highest BCUT2D eigenvalue weighted by Crippen LogP contribution is 2.59. The van der Waals surface area contributed by atoms with Gasteiger partial charge in [-0.2, -0.15) is 9.97 Å². The Hall–Kier alpha value is -3.22. The predicted octanol–water partition coefficient (Wildman–Crippen LogP) is 2.84. The first-order chi connectivity index (χ1) is 14.2. The maximum atomic E-state index is 13.2. The molecule has 7 nitrogen and oxygen atoms in total. The van der Waals surface area contributed by atoms with E-state index in [1.165, 1.54) is 36.1 Å². The molecule has 3 aromatic rings. The average molecular weight is 388 g/mol. The SMILES string of the molecule is COc1nc(OC)nc(N2[C@@H]3CCC(=O)[C@H]2[C@@H]2c4cccc5cccc(c45)[C@@H]23)n1. The Morgan fingerprint density at radius 2 is 1.59 bits per heavy atom. The number of carbonyl (C=O) groups is 1. The second kappa shape index (κ2) is 5.89. The van der Waals surface area contributed by atoms with Gasteiger partial charge < -0.3 is 14.4 Å². The van der Waals surface area contributed by atoms with Gasteiger partial charge in [-0.25, -0.2) is 0 Å². The number of hydrogen-bond acceptors (Lipinski definition) is 7. The van der Waals surface area contributed by atoms with E-state index in [0.29, 0.717) is 12.4 Å². The molecule has 146 valence electrons. The fourth-order valence-electron chi connectivity index (χ4n) is 5.72. The summed E-state index contributed by atoms with van der Waals surface area (Å²) < 4.78 is 10.5. The van der Waals surface area contributed by atoms with Crippen LogP contribution in [0.15, 0.2) is 36.4 Å². The molecule has 0 N–H and O–H groups in total. The minimum atomic E-state index is -0.284. The van der Waals surface area contributed by atoms with Gasteiger partial charge in [-0.05, 0) is 28.3 Å². The molecule has 3 heterocycles. The molecule has 2 fully saturated rings. The summed E-state index contributed by atoms with van der Waals surface area (Å²) >= 11 is 0. The van der Waals surface area contributed by atoms with Crippen LogP contribution in [0.5, 0.6) is 12.0 Å². The Labute approximate surface area is 167 Å². The van der Waals surface area contributed by atoms with E-state index in [2.05, 4.69) is 56.3 Å². The Kier molecular flexibility index (Phi) is 3.39. The minimum Gasteiger partial charge on any atom is -0.467 e. The van der Waals surface area contributed by atoms with Gasteiger partial charge in [-0.1, -0.05) is 36.4 Å². The molecule has 0 amide bonds. The molecular formula is C22H20N4O3. The third-order valence-electron chi connectivity index (χ3n) is 6.68. The van der Waals surface area contributed by atoms with Crippen LogP contribution in [0, 0.1) is 0 Å². The maximum absolute atomic E-state index is 13.2. The molecule has 2 bridgehead atoms. The molecule has 2 aliphatic heterocycles. The molecule has 7 heteroatoms. The minimum absolute atomic E-state index is 0.116. The summed E-state index contributed by atoms with van der Waals surface area (Å²) in [5.74, 6) is 1.07. The van der Waals surface area contributed by atoms with Gasteiger partial charge >= 0.3 is 12.0 Å². The van der Waals surface area contributed by atoms with Gasteiger partial charge in [0.2, 0.25) is 5.95 Å². The molecule has 3 aliphatic rings. The predicted molar refractivity (Wildman–Crippen MR) is 107 cm³/mol. The molecule has 6 rings (SSSR count). The van der Waals surface area contributed by atoms with Gasteiger partial charge in [0, 0.05) is 24.3 Å². The first-order valence-electron chi connectivity index (χ1n) is 9.88. The number of hydrogen-bond donors (Lipinski definition) is 0. The number of anilines is 1. The topological polar surface area (TPSA) is 77.4 Å². The van der Waals surface area contributed by atoms with Crippen LogP contribution < -0.4 is 14.4 Å². The molecule has 2 saturated heterocycles. The van der Waals surface area contributed by atoms with Gasteiger partial charge in [-0.15, -0.1) is 4.98 Å². The summed E-state index contributed by atoms with van der Waals surface area (Å²) in [4.78, 5) is 28.4. The molecule has 1 aromatic heterocycles. The highest BCUT2D eigenvalue weighted by Gasteiger charge is 2.59. The molecule has 29 heavy (non-hydrogen) atoms. The molecule has 2 aromatic carbocycles. The van der Waals surface area contributed by atoms with E-state index in [1.54, 1.807) is 0 Å². The number of fused-ring (bicyclic) bond motifs is 7. The fraction of sp³-hybridized carbons (Fsp3) is 0.364. The number of Topliss-reactive ketones (excluding diaryl/α,β-unsaturated/α-hetero) is 1. The van der Waals surface area contributed by atoms with Crippen molar-refractivity contribution in [1.82, 2.24) is 15.0 Å². The Bertz CT molecular complexity index is 1140. The first kappa shape index (κ1) is 16.7.